The minimum Gasteiger partial charge on any atom is -0.462 e. The maximum atomic E-state index is 12.8. The van der Waals surface area contributed by atoms with E-state index in [-0.39, 0.29) is 31.1 Å². The van der Waals surface area contributed by atoms with E-state index in [2.05, 4.69) is 142 Å². The SMILES string of the molecule is CC/C=C\C/C=C\C/C=C\C/C=C\C/C=C\C/C=C\C/C=C\C/C=C\CCCCCCCCCCCCC(=O)OCC(COC(=O)CCCCCCCCC)OC(=O)CCCCCCC/C=C\C/C=C\CCC. The van der Waals surface area contributed by atoms with Crippen LogP contribution in [0, 0.1) is 0 Å². The number of rotatable bonds is 53. The van der Waals surface area contributed by atoms with Crippen molar-refractivity contribution in [3.8, 4) is 0 Å². The van der Waals surface area contributed by atoms with Gasteiger partial charge >= 0.3 is 17.9 Å². The summed E-state index contributed by atoms with van der Waals surface area (Å²) in [6.07, 6.45) is 83.7. The molecule has 0 radical (unpaired) electrons. The highest BCUT2D eigenvalue weighted by Crippen LogP contribution is 2.15. The molecule has 1 unspecified atom stereocenters. The van der Waals surface area contributed by atoms with Crippen LogP contribution in [0.3, 0.4) is 0 Å². The van der Waals surface area contributed by atoms with Crippen LogP contribution in [0.5, 0.6) is 0 Å². The van der Waals surface area contributed by atoms with E-state index in [4.69, 9.17) is 14.2 Å². The smallest absolute Gasteiger partial charge is 0.306 e. The maximum absolute atomic E-state index is 12.8. The van der Waals surface area contributed by atoms with E-state index in [1.165, 1.54) is 83.5 Å². The molecule has 0 saturated heterocycles. The quantitative estimate of drug-likeness (QED) is 0.0261. The van der Waals surface area contributed by atoms with Crippen LogP contribution in [-0.4, -0.2) is 37.2 Å². The van der Waals surface area contributed by atoms with Crippen molar-refractivity contribution >= 4 is 17.9 Å². The van der Waals surface area contributed by atoms with E-state index < -0.39 is 6.10 Å². The van der Waals surface area contributed by atoms with Crippen molar-refractivity contribution in [3.05, 3.63) is 122 Å². The first-order valence-corrected chi connectivity index (χ1v) is 30.0. The zero-order chi connectivity index (χ0) is 52.9. The summed E-state index contributed by atoms with van der Waals surface area (Å²) >= 11 is 0. The van der Waals surface area contributed by atoms with Gasteiger partial charge in [0.2, 0.25) is 0 Å². The van der Waals surface area contributed by atoms with Gasteiger partial charge in [-0.3, -0.25) is 14.4 Å². The van der Waals surface area contributed by atoms with E-state index >= 15 is 0 Å². The molecule has 0 heterocycles. The van der Waals surface area contributed by atoms with E-state index in [9.17, 15) is 14.4 Å². The molecule has 0 rings (SSSR count). The molecular weight excluding hydrogens is 901 g/mol. The molecule has 0 bridgehead atoms. The predicted molar refractivity (Wildman–Crippen MR) is 316 cm³/mol. The monoisotopic (exact) mass is 1010 g/mol. The Morgan fingerprint density at radius 3 is 0.890 bits per heavy atom. The molecule has 73 heavy (non-hydrogen) atoms. The van der Waals surface area contributed by atoms with Crippen molar-refractivity contribution in [1.29, 1.82) is 0 Å². The first-order valence-electron chi connectivity index (χ1n) is 30.0. The summed E-state index contributed by atoms with van der Waals surface area (Å²) in [5.74, 6) is -0.912. The highest BCUT2D eigenvalue weighted by atomic mass is 16.6. The Bertz CT molecular complexity index is 1540. The molecule has 1 atom stereocenters. The Labute approximate surface area is 450 Å². The predicted octanol–water partition coefficient (Wildman–Crippen LogP) is 20.4. The number of carbonyl (C=O) groups is 3. The standard InChI is InChI=1S/C67H110O6/c1-4-7-10-13-16-18-20-22-23-24-25-26-27-28-29-30-31-32-33-34-35-36-37-38-39-40-41-42-43-45-46-48-51-54-57-60-66(69)72-63-64(62-71-65(68)59-56-53-50-15-12-9-6-3)73-67(70)61-58-55-52-49-47-44-21-19-17-14-11-8-5-2/h7,10-11,14,16,18-19,21-23,25-26,28-29,31-32,34-35,37-38,64H,4-6,8-9,12-13,15,17,20,24,27,30,33,36,39-63H2,1-3H3/b10-7-,14-11-,18-16-,21-19-,23-22-,26-25-,29-28-,32-31-,35-34-,38-37-. The van der Waals surface area contributed by atoms with Gasteiger partial charge in [0.25, 0.3) is 0 Å². The summed E-state index contributed by atoms with van der Waals surface area (Å²) in [5, 5.41) is 0. The molecule has 0 aromatic heterocycles. The van der Waals surface area contributed by atoms with E-state index in [0.717, 1.165) is 141 Å². The molecule has 0 fully saturated rings. The third-order valence-corrected chi connectivity index (χ3v) is 12.4. The summed E-state index contributed by atoms with van der Waals surface area (Å²) in [6.45, 7) is 6.40. The average molecular weight is 1010 g/mol. The molecule has 0 aliphatic carbocycles. The van der Waals surface area contributed by atoms with Crippen molar-refractivity contribution in [2.75, 3.05) is 13.2 Å². The molecule has 0 aromatic carbocycles. The number of carbonyl (C=O) groups excluding carboxylic acids is 3. The lowest BCUT2D eigenvalue weighted by Crippen LogP contribution is -2.30. The molecule has 0 amide bonds. The van der Waals surface area contributed by atoms with Crippen molar-refractivity contribution in [3.63, 3.8) is 0 Å². The lowest BCUT2D eigenvalue weighted by molar-refractivity contribution is -0.167. The van der Waals surface area contributed by atoms with Crippen LogP contribution in [0.1, 0.15) is 265 Å². The summed E-state index contributed by atoms with van der Waals surface area (Å²) in [6, 6.07) is 0. The second-order valence-corrected chi connectivity index (χ2v) is 19.5. The van der Waals surface area contributed by atoms with Gasteiger partial charge in [0.1, 0.15) is 13.2 Å². The molecule has 0 aliphatic rings. The first kappa shape index (κ1) is 68.8. The highest BCUT2D eigenvalue weighted by molar-refractivity contribution is 5.71. The normalized spacial score (nSPS) is 13.0. The Hall–Kier alpha value is -4.19. The summed E-state index contributed by atoms with van der Waals surface area (Å²) in [4.78, 5) is 37.9. The van der Waals surface area contributed by atoms with Gasteiger partial charge in [-0.25, -0.2) is 0 Å². The third-order valence-electron chi connectivity index (χ3n) is 12.4. The molecule has 0 saturated carbocycles. The number of ether oxygens (including phenoxy) is 3. The van der Waals surface area contributed by atoms with Crippen LogP contribution in [0.15, 0.2) is 122 Å². The van der Waals surface area contributed by atoms with Gasteiger partial charge < -0.3 is 14.2 Å². The molecule has 6 heteroatoms. The van der Waals surface area contributed by atoms with Gasteiger partial charge in [-0.2, -0.15) is 0 Å². The van der Waals surface area contributed by atoms with Gasteiger partial charge in [0, 0.05) is 19.3 Å². The van der Waals surface area contributed by atoms with E-state index in [1.807, 2.05) is 0 Å². The van der Waals surface area contributed by atoms with Crippen LogP contribution in [0.4, 0.5) is 0 Å². The van der Waals surface area contributed by atoms with Crippen molar-refractivity contribution in [2.24, 2.45) is 0 Å². The Morgan fingerprint density at radius 1 is 0.288 bits per heavy atom. The third kappa shape index (κ3) is 58.6. The molecule has 0 N–H and O–H groups in total. The number of unbranched alkanes of at least 4 members (excludes halogenated alkanes) is 22. The average Bonchev–Trinajstić information content (AvgIpc) is 3.39. The molecule has 0 aromatic rings. The van der Waals surface area contributed by atoms with Crippen LogP contribution in [0.2, 0.25) is 0 Å². The number of hydrogen-bond acceptors (Lipinski definition) is 6. The van der Waals surface area contributed by atoms with Crippen LogP contribution < -0.4 is 0 Å². The van der Waals surface area contributed by atoms with Gasteiger partial charge in [-0.1, -0.05) is 258 Å². The molecule has 0 aliphatic heterocycles. The molecule has 6 nitrogen and oxygen atoms in total. The molecule has 414 valence electrons. The van der Waals surface area contributed by atoms with Crippen molar-refractivity contribution < 1.29 is 28.6 Å². The number of allylic oxidation sites excluding steroid dienone is 20. The Morgan fingerprint density at radius 2 is 0.562 bits per heavy atom. The summed E-state index contributed by atoms with van der Waals surface area (Å²) in [5.41, 5.74) is 0. The lowest BCUT2D eigenvalue weighted by atomic mass is 10.1. The summed E-state index contributed by atoms with van der Waals surface area (Å²) < 4.78 is 16.7. The Balaban J connectivity index is 4.08. The van der Waals surface area contributed by atoms with Gasteiger partial charge in [-0.05, 0) is 109 Å². The highest BCUT2D eigenvalue weighted by Gasteiger charge is 2.19. The lowest BCUT2D eigenvalue weighted by Gasteiger charge is -2.18. The number of esters is 3. The van der Waals surface area contributed by atoms with Crippen LogP contribution >= 0.6 is 0 Å². The maximum Gasteiger partial charge on any atom is 0.306 e. The zero-order valence-electron chi connectivity index (χ0n) is 47.4. The largest absolute Gasteiger partial charge is 0.462 e. The Kier molecular flexibility index (Phi) is 56.9. The topological polar surface area (TPSA) is 78.9 Å². The van der Waals surface area contributed by atoms with Gasteiger partial charge in [0.05, 0.1) is 0 Å². The molecular formula is C67H110O6. The first-order chi connectivity index (χ1) is 36.0. The fourth-order valence-corrected chi connectivity index (χ4v) is 7.97. The zero-order valence-corrected chi connectivity index (χ0v) is 47.4. The van der Waals surface area contributed by atoms with Gasteiger partial charge in [0.15, 0.2) is 6.10 Å². The number of hydrogen-bond donors (Lipinski definition) is 0. The fraction of sp³-hybridized carbons (Fsp3) is 0.657. The van der Waals surface area contributed by atoms with Gasteiger partial charge in [-0.15, -0.1) is 0 Å². The van der Waals surface area contributed by atoms with E-state index in [1.54, 1.807) is 0 Å². The minimum absolute atomic E-state index is 0.0849. The second kappa shape index (κ2) is 60.4. The summed E-state index contributed by atoms with van der Waals surface area (Å²) in [7, 11) is 0. The second-order valence-electron chi connectivity index (χ2n) is 19.5. The fourth-order valence-electron chi connectivity index (χ4n) is 7.97. The minimum atomic E-state index is -0.785. The van der Waals surface area contributed by atoms with E-state index in [0.29, 0.717) is 19.3 Å². The van der Waals surface area contributed by atoms with Crippen molar-refractivity contribution in [2.45, 2.75) is 271 Å². The molecule has 0 spiro atoms. The van der Waals surface area contributed by atoms with Crippen molar-refractivity contribution in [1.82, 2.24) is 0 Å². The van der Waals surface area contributed by atoms with Crippen LogP contribution in [0.25, 0.3) is 0 Å². The van der Waals surface area contributed by atoms with Crippen LogP contribution in [-0.2, 0) is 28.6 Å².